The average Bonchev–Trinajstić information content (AvgIpc) is 2.74. The summed E-state index contributed by atoms with van der Waals surface area (Å²) in [5.41, 5.74) is 0.579. The molecule has 0 fully saturated rings. The molecule has 1 aromatic rings. The number of methoxy groups -OCH3 is 1. The molecule has 17 heavy (non-hydrogen) atoms. The number of carbonyl (C=O) groups is 1. The first-order valence-corrected chi connectivity index (χ1v) is 5.45. The van der Waals surface area contributed by atoms with Crippen molar-refractivity contribution in [3.8, 4) is 0 Å². The quantitative estimate of drug-likeness (QED) is 0.625. The summed E-state index contributed by atoms with van der Waals surface area (Å²) in [5, 5.41) is 3.18. The van der Waals surface area contributed by atoms with Gasteiger partial charge in [-0.3, -0.25) is 0 Å². The molecule has 0 saturated heterocycles. The highest BCUT2D eigenvalue weighted by Crippen LogP contribution is 2.11. The highest BCUT2D eigenvalue weighted by molar-refractivity contribution is 5.87. The first-order chi connectivity index (χ1) is 8.04. The van der Waals surface area contributed by atoms with Crippen LogP contribution in [0.5, 0.6) is 0 Å². The van der Waals surface area contributed by atoms with Crippen molar-refractivity contribution < 1.29 is 13.9 Å². The van der Waals surface area contributed by atoms with E-state index in [-0.39, 0.29) is 12.0 Å². The van der Waals surface area contributed by atoms with Gasteiger partial charge in [0.25, 0.3) is 0 Å². The SMILES string of the molecule is COC(=O)/C(C)=C/CNC(C)c1ncc(C)o1. The fourth-order valence-electron chi connectivity index (χ4n) is 1.29. The van der Waals surface area contributed by atoms with Crippen molar-refractivity contribution in [2.45, 2.75) is 26.8 Å². The lowest BCUT2D eigenvalue weighted by molar-refractivity contribution is -0.136. The van der Waals surface area contributed by atoms with Crippen LogP contribution >= 0.6 is 0 Å². The minimum Gasteiger partial charge on any atom is -0.466 e. The number of nitrogens with zero attached hydrogens (tertiary/aromatic N) is 1. The van der Waals surface area contributed by atoms with Crippen LogP contribution < -0.4 is 5.32 Å². The number of ether oxygens (including phenoxy) is 1. The summed E-state index contributed by atoms with van der Waals surface area (Å²) in [6.07, 6.45) is 3.46. The molecule has 1 atom stereocenters. The second kappa shape index (κ2) is 6.20. The van der Waals surface area contributed by atoms with Gasteiger partial charge in [-0.05, 0) is 20.8 Å². The molecule has 1 aromatic heterocycles. The summed E-state index contributed by atoms with van der Waals surface area (Å²) >= 11 is 0. The maximum Gasteiger partial charge on any atom is 0.333 e. The number of esters is 1. The molecule has 94 valence electrons. The largest absolute Gasteiger partial charge is 0.466 e. The number of aryl methyl sites for hydroxylation is 1. The second-order valence-electron chi connectivity index (χ2n) is 3.82. The van der Waals surface area contributed by atoms with E-state index >= 15 is 0 Å². The zero-order valence-electron chi connectivity index (χ0n) is 10.6. The molecule has 5 nitrogen and oxygen atoms in total. The van der Waals surface area contributed by atoms with Gasteiger partial charge in [-0.15, -0.1) is 0 Å². The molecule has 0 saturated carbocycles. The fourth-order valence-corrected chi connectivity index (χ4v) is 1.29. The fraction of sp³-hybridized carbons (Fsp3) is 0.500. The van der Waals surface area contributed by atoms with Gasteiger partial charge < -0.3 is 14.5 Å². The van der Waals surface area contributed by atoms with Crippen LogP contribution in [0.1, 0.15) is 31.5 Å². The Morgan fingerprint density at radius 1 is 1.71 bits per heavy atom. The van der Waals surface area contributed by atoms with Crippen molar-refractivity contribution in [1.29, 1.82) is 0 Å². The Bertz CT molecular complexity index is 410. The standard InChI is InChI=1S/C12H18N2O3/c1-8(12(15)16-4)5-6-13-10(3)11-14-7-9(2)17-11/h5,7,10,13H,6H2,1-4H3/b8-5+. The van der Waals surface area contributed by atoms with Crippen LogP contribution in [0.3, 0.4) is 0 Å². The number of carbonyl (C=O) groups excluding carboxylic acids is 1. The van der Waals surface area contributed by atoms with Crippen LogP contribution in [0.4, 0.5) is 0 Å². The van der Waals surface area contributed by atoms with Gasteiger partial charge in [0.05, 0.1) is 19.3 Å². The molecular weight excluding hydrogens is 220 g/mol. The van der Waals surface area contributed by atoms with Crippen LogP contribution in [0.15, 0.2) is 22.3 Å². The highest BCUT2D eigenvalue weighted by atomic mass is 16.5. The molecule has 0 aliphatic heterocycles. The topological polar surface area (TPSA) is 64.4 Å². The van der Waals surface area contributed by atoms with Gasteiger partial charge in [-0.25, -0.2) is 9.78 Å². The zero-order valence-corrected chi connectivity index (χ0v) is 10.6. The van der Waals surface area contributed by atoms with Crippen LogP contribution in [0, 0.1) is 6.92 Å². The Hall–Kier alpha value is -1.62. The summed E-state index contributed by atoms with van der Waals surface area (Å²) in [6, 6.07) is 0.00500. The van der Waals surface area contributed by atoms with Crippen molar-refractivity contribution in [2.75, 3.05) is 13.7 Å². The van der Waals surface area contributed by atoms with Crippen LogP contribution in [0.25, 0.3) is 0 Å². The van der Waals surface area contributed by atoms with Crippen LogP contribution in [0.2, 0.25) is 0 Å². The summed E-state index contributed by atoms with van der Waals surface area (Å²) in [5.74, 6) is 1.12. The Balaban J connectivity index is 2.44. The van der Waals surface area contributed by atoms with Gasteiger partial charge in [0.2, 0.25) is 5.89 Å². The van der Waals surface area contributed by atoms with E-state index in [4.69, 9.17) is 4.42 Å². The van der Waals surface area contributed by atoms with Gasteiger partial charge >= 0.3 is 5.97 Å². The molecule has 0 radical (unpaired) electrons. The number of rotatable bonds is 5. The monoisotopic (exact) mass is 238 g/mol. The molecule has 0 aromatic carbocycles. The molecule has 1 unspecified atom stereocenters. The Morgan fingerprint density at radius 3 is 2.94 bits per heavy atom. The number of aromatic nitrogens is 1. The van der Waals surface area contributed by atoms with E-state index in [1.807, 2.05) is 13.8 Å². The van der Waals surface area contributed by atoms with Gasteiger partial charge in [-0.2, -0.15) is 0 Å². The normalized spacial score (nSPS) is 13.5. The third kappa shape index (κ3) is 4.03. The van der Waals surface area contributed by atoms with Crippen LogP contribution in [-0.4, -0.2) is 24.6 Å². The summed E-state index contributed by atoms with van der Waals surface area (Å²) in [7, 11) is 1.37. The van der Waals surface area contributed by atoms with Gasteiger partial charge in [0.15, 0.2) is 0 Å². The molecule has 1 rings (SSSR count). The number of hydrogen-bond donors (Lipinski definition) is 1. The van der Waals surface area contributed by atoms with E-state index in [2.05, 4.69) is 15.0 Å². The number of nitrogens with one attached hydrogen (secondary N) is 1. The van der Waals surface area contributed by atoms with Crippen molar-refractivity contribution in [2.24, 2.45) is 0 Å². The van der Waals surface area contributed by atoms with Crippen LogP contribution in [-0.2, 0) is 9.53 Å². The van der Waals surface area contributed by atoms with E-state index < -0.39 is 0 Å². The maximum absolute atomic E-state index is 11.1. The number of oxazole rings is 1. The van der Waals surface area contributed by atoms with Gasteiger partial charge in [-0.1, -0.05) is 6.08 Å². The third-order valence-corrected chi connectivity index (χ3v) is 2.35. The van der Waals surface area contributed by atoms with E-state index in [1.54, 1.807) is 19.2 Å². The average molecular weight is 238 g/mol. The number of hydrogen-bond acceptors (Lipinski definition) is 5. The van der Waals surface area contributed by atoms with Crippen molar-refractivity contribution in [1.82, 2.24) is 10.3 Å². The molecule has 0 aliphatic carbocycles. The Morgan fingerprint density at radius 2 is 2.41 bits per heavy atom. The first-order valence-electron chi connectivity index (χ1n) is 5.45. The van der Waals surface area contributed by atoms with E-state index in [1.165, 1.54) is 7.11 Å². The van der Waals surface area contributed by atoms with E-state index in [0.717, 1.165) is 5.76 Å². The first kappa shape index (κ1) is 13.4. The summed E-state index contributed by atoms with van der Waals surface area (Å²) < 4.78 is 9.98. The minimum absolute atomic E-state index is 0.00500. The second-order valence-corrected chi connectivity index (χ2v) is 3.82. The molecule has 0 bridgehead atoms. The lowest BCUT2D eigenvalue weighted by Gasteiger charge is -2.08. The smallest absolute Gasteiger partial charge is 0.333 e. The lowest BCUT2D eigenvalue weighted by Crippen LogP contribution is -2.19. The summed E-state index contributed by atoms with van der Waals surface area (Å²) in [4.78, 5) is 15.2. The Kier molecular flexibility index (Phi) is 4.90. The van der Waals surface area contributed by atoms with E-state index in [9.17, 15) is 4.79 Å². The maximum atomic E-state index is 11.1. The Labute approximate surface area is 101 Å². The molecule has 0 spiro atoms. The van der Waals surface area contributed by atoms with Crippen molar-refractivity contribution in [3.05, 3.63) is 29.5 Å². The van der Waals surface area contributed by atoms with Gasteiger partial charge in [0, 0.05) is 12.1 Å². The molecule has 0 aliphatic rings. The summed E-state index contributed by atoms with van der Waals surface area (Å²) in [6.45, 7) is 6.08. The third-order valence-electron chi connectivity index (χ3n) is 2.35. The lowest BCUT2D eigenvalue weighted by atomic mass is 10.2. The minimum atomic E-state index is -0.313. The van der Waals surface area contributed by atoms with Crippen molar-refractivity contribution in [3.63, 3.8) is 0 Å². The van der Waals surface area contributed by atoms with Crippen molar-refractivity contribution >= 4 is 5.97 Å². The molecule has 5 heteroatoms. The van der Waals surface area contributed by atoms with Gasteiger partial charge in [0.1, 0.15) is 5.76 Å². The van der Waals surface area contributed by atoms with E-state index in [0.29, 0.717) is 18.0 Å². The predicted octanol–water partition coefficient (Wildman–Crippen LogP) is 1.75. The molecule has 1 N–H and O–H groups in total. The molecular formula is C12H18N2O3. The predicted molar refractivity (Wildman–Crippen MR) is 63.4 cm³/mol. The molecule has 1 heterocycles. The molecule has 0 amide bonds. The highest BCUT2D eigenvalue weighted by Gasteiger charge is 2.10. The zero-order chi connectivity index (χ0) is 12.8.